The molecule has 56 valence electrons. The molecule has 0 spiro atoms. The first-order valence-corrected chi connectivity index (χ1v) is 2.63. The number of rotatable bonds is 4. The Hall–Kier alpha value is -1.15. The minimum absolute atomic E-state index is 1.59. The number of aromatic nitrogens is 2. The monoisotopic (exact) mass is 143 g/mol. The maximum atomic E-state index is 4.88. The molecule has 0 saturated heterocycles. The van der Waals surface area contributed by atoms with Crippen LogP contribution in [-0.4, -0.2) is 9.66 Å². The van der Waals surface area contributed by atoms with Crippen molar-refractivity contribution in [3.05, 3.63) is 18.7 Å². The van der Waals surface area contributed by atoms with Crippen molar-refractivity contribution >= 4 is 0 Å². The minimum Gasteiger partial charge on any atom is -0.257 e. The number of nitrogens with one attached hydrogen (secondary N) is 4. The lowest BCUT2D eigenvalue weighted by molar-refractivity contribution is 0.451. The molecule has 0 radical (unpaired) electrons. The molecular weight excluding hydrogens is 134 g/mol. The average Bonchev–Trinajstić information content (AvgIpc) is 2.41. The van der Waals surface area contributed by atoms with E-state index in [1.807, 2.05) is 0 Å². The molecule has 1 aromatic heterocycles. The number of nitrogens with zero attached hydrogens (tertiary/aromatic N) is 2. The summed E-state index contributed by atoms with van der Waals surface area (Å²) in [4.78, 5) is 3.78. The Morgan fingerprint density at radius 2 is 2.30 bits per heavy atom. The van der Waals surface area contributed by atoms with E-state index in [0.717, 1.165) is 0 Å². The van der Waals surface area contributed by atoms with Gasteiger partial charge >= 0.3 is 0 Å². The molecule has 0 atom stereocenters. The van der Waals surface area contributed by atoms with Gasteiger partial charge < -0.3 is 0 Å². The topological polar surface area (TPSA) is 92.0 Å². The summed E-state index contributed by atoms with van der Waals surface area (Å²) in [6.07, 6.45) is 4.96. The fraction of sp³-hybridized carbons (Fsp3) is 0. The van der Waals surface area contributed by atoms with Gasteiger partial charge in [0.25, 0.3) is 0 Å². The van der Waals surface area contributed by atoms with E-state index in [0.29, 0.717) is 0 Å². The van der Waals surface area contributed by atoms with E-state index in [9.17, 15) is 0 Å². The molecule has 0 bridgehead atoms. The summed E-state index contributed by atoms with van der Waals surface area (Å²) in [5.74, 6) is 4.88. The lowest BCUT2D eigenvalue weighted by atomic mass is 11.0. The summed E-state index contributed by atoms with van der Waals surface area (Å²) in [5, 5.41) is 0. The molecular formula is C3H9N7. The van der Waals surface area contributed by atoms with E-state index < -0.39 is 0 Å². The number of hydrogen-bond acceptors (Lipinski definition) is 6. The van der Waals surface area contributed by atoms with Crippen LogP contribution in [0.3, 0.4) is 0 Å². The third-order valence-electron chi connectivity index (χ3n) is 0.824. The SMILES string of the molecule is NNNNNn1ccnc1. The van der Waals surface area contributed by atoms with E-state index >= 15 is 0 Å². The Labute approximate surface area is 57.5 Å². The van der Waals surface area contributed by atoms with Crippen LogP contribution in [0.4, 0.5) is 0 Å². The average molecular weight is 143 g/mol. The van der Waals surface area contributed by atoms with Crippen LogP contribution in [0, 0.1) is 0 Å². The highest BCUT2D eigenvalue weighted by atomic mass is 15.8. The van der Waals surface area contributed by atoms with Gasteiger partial charge in [-0.05, 0) is 0 Å². The van der Waals surface area contributed by atoms with Crippen molar-refractivity contribution in [1.29, 1.82) is 0 Å². The van der Waals surface area contributed by atoms with Gasteiger partial charge in [0.05, 0.1) is 0 Å². The highest BCUT2D eigenvalue weighted by Crippen LogP contribution is 1.74. The summed E-state index contributed by atoms with van der Waals surface area (Å²) in [5.41, 5.74) is 9.78. The van der Waals surface area contributed by atoms with E-state index in [4.69, 9.17) is 5.84 Å². The number of hydrazine groups is 4. The molecule has 7 heteroatoms. The zero-order chi connectivity index (χ0) is 7.23. The van der Waals surface area contributed by atoms with Crippen molar-refractivity contribution in [3.63, 3.8) is 0 Å². The van der Waals surface area contributed by atoms with Crippen molar-refractivity contribution < 1.29 is 0 Å². The van der Waals surface area contributed by atoms with E-state index in [-0.39, 0.29) is 0 Å². The van der Waals surface area contributed by atoms with Gasteiger partial charge in [-0.3, -0.25) is 5.84 Å². The molecule has 0 aliphatic heterocycles. The normalized spacial score (nSPS) is 9.70. The molecule has 0 aliphatic rings. The second kappa shape index (κ2) is 3.80. The largest absolute Gasteiger partial charge is 0.257 e. The molecule has 0 amide bonds. The molecule has 0 fully saturated rings. The maximum Gasteiger partial charge on any atom is 0.115 e. The molecule has 0 unspecified atom stereocenters. The number of nitrogens with two attached hydrogens (primary N) is 1. The lowest BCUT2D eigenvalue weighted by Crippen LogP contribution is -2.51. The fourth-order valence-electron chi connectivity index (χ4n) is 0.454. The van der Waals surface area contributed by atoms with Crippen LogP contribution in [0.2, 0.25) is 0 Å². The second-order valence-corrected chi connectivity index (χ2v) is 1.48. The predicted octanol–water partition coefficient (Wildman–Crippen LogP) is -2.19. The molecule has 0 saturated carbocycles. The standard InChI is InChI=1S/C3H9N7/c4-6-7-8-9-10-2-1-5-3-10/h1-3,6-9H,4H2. The van der Waals surface area contributed by atoms with Gasteiger partial charge in [-0.25, -0.2) is 15.2 Å². The van der Waals surface area contributed by atoms with Crippen molar-refractivity contribution in [2.24, 2.45) is 5.84 Å². The molecule has 1 rings (SSSR count). The van der Waals surface area contributed by atoms with Gasteiger partial charge in [-0.2, -0.15) is 11.1 Å². The van der Waals surface area contributed by atoms with Gasteiger partial charge in [0.15, 0.2) is 0 Å². The highest BCUT2D eigenvalue weighted by molar-refractivity contribution is 4.76. The van der Waals surface area contributed by atoms with Crippen LogP contribution >= 0.6 is 0 Å². The van der Waals surface area contributed by atoms with Gasteiger partial charge in [0.1, 0.15) is 6.33 Å². The van der Waals surface area contributed by atoms with Crippen LogP contribution in [0.5, 0.6) is 0 Å². The first-order chi connectivity index (χ1) is 4.93. The molecule has 0 aromatic carbocycles. The molecule has 6 N–H and O–H groups in total. The molecule has 7 nitrogen and oxygen atoms in total. The lowest BCUT2D eigenvalue weighted by Gasteiger charge is -2.07. The first-order valence-electron chi connectivity index (χ1n) is 2.63. The minimum atomic E-state index is 1.59. The van der Waals surface area contributed by atoms with Crippen LogP contribution in [-0.2, 0) is 0 Å². The van der Waals surface area contributed by atoms with Crippen molar-refractivity contribution in [2.75, 3.05) is 5.53 Å². The van der Waals surface area contributed by atoms with Crippen molar-refractivity contribution in [1.82, 2.24) is 26.3 Å². The summed E-state index contributed by atoms with van der Waals surface area (Å²) in [6, 6.07) is 0. The van der Waals surface area contributed by atoms with Gasteiger partial charge in [0.2, 0.25) is 0 Å². The Bertz CT molecular complexity index is 157. The van der Waals surface area contributed by atoms with Crippen LogP contribution in [0.15, 0.2) is 18.7 Å². The van der Waals surface area contributed by atoms with E-state index in [1.54, 1.807) is 23.4 Å². The molecule has 1 aromatic rings. The van der Waals surface area contributed by atoms with Crippen LogP contribution in [0.25, 0.3) is 0 Å². The Morgan fingerprint density at radius 1 is 1.40 bits per heavy atom. The summed E-state index contributed by atoms with van der Waals surface area (Å²) in [6.45, 7) is 0. The molecule has 10 heavy (non-hydrogen) atoms. The molecule has 1 heterocycles. The maximum absolute atomic E-state index is 4.88. The third kappa shape index (κ3) is 1.99. The zero-order valence-electron chi connectivity index (χ0n) is 5.20. The Balaban J connectivity index is 2.15. The van der Waals surface area contributed by atoms with E-state index in [2.05, 4.69) is 27.1 Å². The smallest absolute Gasteiger partial charge is 0.115 e. The summed E-state index contributed by atoms with van der Waals surface area (Å²) >= 11 is 0. The predicted molar refractivity (Wildman–Crippen MR) is 35.2 cm³/mol. The number of imidazole rings is 1. The van der Waals surface area contributed by atoms with Gasteiger partial charge in [-0.1, -0.05) is 0 Å². The van der Waals surface area contributed by atoms with Gasteiger partial charge in [-0.15, -0.1) is 5.53 Å². The van der Waals surface area contributed by atoms with Crippen LogP contribution < -0.4 is 28.0 Å². The van der Waals surface area contributed by atoms with Crippen molar-refractivity contribution in [3.8, 4) is 0 Å². The fourth-order valence-corrected chi connectivity index (χ4v) is 0.454. The second-order valence-electron chi connectivity index (χ2n) is 1.48. The van der Waals surface area contributed by atoms with E-state index in [1.165, 1.54) is 0 Å². The summed E-state index contributed by atoms with van der Waals surface area (Å²) < 4.78 is 1.60. The summed E-state index contributed by atoms with van der Waals surface area (Å²) in [7, 11) is 0. The Morgan fingerprint density at radius 3 is 2.90 bits per heavy atom. The van der Waals surface area contributed by atoms with Crippen LogP contribution in [0.1, 0.15) is 0 Å². The van der Waals surface area contributed by atoms with Crippen molar-refractivity contribution in [2.45, 2.75) is 0 Å². The highest BCUT2D eigenvalue weighted by Gasteiger charge is 1.81. The Kier molecular flexibility index (Phi) is 2.64. The third-order valence-corrected chi connectivity index (χ3v) is 0.824. The zero-order valence-corrected chi connectivity index (χ0v) is 5.20. The van der Waals surface area contributed by atoms with Gasteiger partial charge in [0, 0.05) is 12.4 Å². The first kappa shape index (κ1) is 6.96. The quantitative estimate of drug-likeness (QED) is 0.187. The number of hydrogen-bond donors (Lipinski definition) is 5. The molecule has 0 aliphatic carbocycles.